The molecule has 1 saturated carbocycles. The molecule has 2 aliphatic rings. The molecule has 2 rings (SSSR count). The Hall–Kier alpha value is -0.0400. The Morgan fingerprint density at radius 1 is 1.00 bits per heavy atom. The van der Waals surface area contributed by atoms with Gasteiger partial charge in [0.15, 0.2) is 0 Å². The summed E-state index contributed by atoms with van der Waals surface area (Å²) in [5.74, 6) is 4.27. The molecule has 2 bridgehead atoms. The molecule has 0 radical (unpaired) electrons. The fourth-order valence-electron chi connectivity index (χ4n) is 3.64. The molecule has 1 aliphatic carbocycles. The molecule has 1 aliphatic heterocycles. The number of hydrogen-bond acceptors (Lipinski definition) is 1. The Labute approximate surface area is 81.9 Å². The summed E-state index contributed by atoms with van der Waals surface area (Å²) in [6.07, 6.45) is 1.93. The summed E-state index contributed by atoms with van der Waals surface area (Å²) in [5, 5.41) is 0. The molecule has 0 aromatic carbocycles. The first kappa shape index (κ1) is 9.51. The lowest BCUT2D eigenvalue weighted by Gasteiger charge is -2.36. The molecule has 1 heteroatoms. The molecule has 0 spiro atoms. The van der Waals surface area contributed by atoms with E-state index in [0.717, 1.165) is 36.2 Å². The normalized spacial score (nSPS) is 43.8. The van der Waals surface area contributed by atoms with Gasteiger partial charge in [0, 0.05) is 0 Å². The Morgan fingerprint density at radius 3 is 2.08 bits per heavy atom. The van der Waals surface area contributed by atoms with Gasteiger partial charge in [-0.3, -0.25) is 0 Å². The minimum atomic E-state index is 0.595. The van der Waals surface area contributed by atoms with Gasteiger partial charge in [0.2, 0.25) is 0 Å². The average Bonchev–Trinajstić information content (AvgIpc) is 2.60. The van der Waals surface area contributed by atoms with E-state index in [9.17, 15) is 0 Å². The molecule has 1 saturated heterocycles. The molecule has 13 heavy (non-hydrogen) atoms. The molecule has 76 valence electrons. The Kier molecular flexibility index (Phi) is 2.39. The molecule has 0 N–H and O–H groups in total. The van der Waals surface area contributed by atoms with Gasteiger partial charge in [0.25, 0.3) is 0 Å². The van der Waals surface area contributed by atoms with Crippen LogP contribution in [-0.2, 0) is 4.74 Å². The molecular formula is C12H22O. The first-order valence-corrected chi connectivity index (χ1v) is 5.73. The second kappa shape index (κ2) is 3.27. The first-order valence-electron chi connectivity index (χ1n) is 5.73. The van der Waals surface area contributed by atoms with Crippen molar-refractivity contribution in [1.29, 1.82) is 0 Å². The van der Waals surface area contributed by atoms with E-state index in [1.54, 1.807) is 0 Å². The molecule has 0 aromatic rings. The van der Waals surface area contributed by atoms with Crippen LogP contribution in [0, 0.1) is 29.6 Å². The van der Waals surface area contributed by atoms with E-state index in [2.05, 4.69) is 27.7 Å². The highest BCUT2D eigenvalue weighted by Crippen LogP contribution is 2.50. The quantitative estimate of drug-likeness (QED) is 0.638. The molecular weight excluding hydrogens is 160 g/mol. The van der Waals surface area contributed by atoms with Gasteiger partial charge in [-0.05, 0) is 36.0 Å². The number of fused-ring (bicyclic) bond motifs is 2. The summed E-state index contributed by atoms with van der Waals surface area (Å²) in [5.41, 5.74) is 0. The SMILES string of the molecule is CC(C)[C@@H]1C2CC(CO2)[C@@H]1C(C)C. The summed E-state index contributed by atoms with van der Waals surface area (Å²) in [6, 6.07) is 0. The van der Waals surface area contributed by atoms with Gasteiger partial charge in [0.1, 0.15) is 0 Å². The molecule has 0 aromatic heterocycles. The molecule has 2 unspecified atom stereocenters. The maximum Gasteiger partial charge on any atom is 0.0612 e. The number of ether oxygens (including phenoxy) is 1. The van der Waals surface area contributed by atoms with Crippen LogP contribution in [0.1, 0.15) is 34.1 Å². The van der Waals surface area contributed by atoms with Crippen molar-refractivity contribution in [3.05, 3.63) is 0 Å². The Balaban J connectivity index is 2.15. The predicted octanol–water partition coefficient (Wildman–Crippen LogP) is 2.95. The van der Waals surface area contributed by atoms with Crippen LogP contribution in [0.2, 0.25) is 0 Å². The third-order valence-electron chi connectivity index (χ3n) is 4.02. The zero-order valence-electron chi connectivity index (χ0n) is 9.29. The van der Waals surface area contributed by atoms with Crippen LogP contribution in [0.15, 0.2) is 0 Å². The highest BCUT2D eigenvalue weighted by molar-refractivity contribution is 4.98. The van der Waals surface area contributed by atoms with Crippen molar-refractivity contribution >= 4 is 0 Å². The maximum atomic E-state index is 5.81. The van der Waals surface area contributed by atoms with E-state index in [1.165, 1.54) is 6.42 Å². The van der Waals surface area contributed by atoms with Crippen LogP contribution in [0.4, 0.5) is 0 Å². The van der Waals surface area contributed by atoms with E-state index < -0.39 is 0 Å². The summed E-state index contributed by atoms with van der Waals surface area (Å²) < 4.78 is 5.81. The second-order valence-electron chi connectivity index (χ2n) is 5.51. The largest absolute Gasteiger partial charge is 0.378 e. The summed E-state index contributed by atoms with van der Waals surface area (Å²) in [7, 11) is 0. The smallest absolute Gasteiger partial charge is 0.0612 e. The average molecular weight is 182 g/mol. The Morgan fingerprint density at radius 2 is 1.62 bits per heavy atom. The van der Waals surface area contributed by atoms with Crippen molar-refractivity contribution in [2.75, 3.05) is 6.61 Å². The summed E-state index contributed by atoms with van der Waals surface area (Å²) >= 11 is 0. The van der Waals surface area contributed by atoms with Gasteiger partial charge in [-0.2, -0.15) is 0 Å². The van der Waals surface area contributed by atoms with Crippen LogP contribution in [0.5, 0.6) is 0 Å². The van der Waals surface area contributed by atoms with Crippen LogP contribution < -0.4 is 0 Å². The van der Waals surface area contributed by atoms with Gasteiger partial charge in [0.05, 0.1) is 12.7 Å². The third-order valence-corrected chi connectivity index (χ3v) is 4.02. The first-order chi connectivity index (χ1) is 6.11. The van der Waals surface area contributed by atoms with Gasteiger partial charge in [-0.25, -0.2) is 0 Å². The van der Waals surface area contributed by atoms with Crippen LogP contribution in [-0.4, -0.2) is 12.7 Å². The van der Waals surface area contributed by atoms with Crippen LogP contribution in [0.25, 0.3) is 0 Å². The topological polar surface area (TPSA) is 9.23 Å². The second-order valence-corrected chi connectivity index (χ2v) is 5.51. The predicted molar refractivity (Wildman–Crippen MR) is 54.5 cm³/mol. The van der Waals surface area contributed by atoms with Gasteiger partial charge < -0.3 is 4.74 Å². The monoisotopic (exact) mass is 182 g/mol. The molecule has 2 fully saturated rings. The highest BCUT2D eigenvalue weighted by atomic mass is 16.5. The molecule has 1 nitrogen and oxygen atoms in total. The van der Waals surface area contributed by atoms with Crippen molar-refractivity contribution < 1.29 is 4.74 Å². The van der Waals surface area contributed by atoms with E-state index >= 15 is 0 Å². The van der Waals surface area contributed by atoms with Gasteiger partial charge in [-0.15, -0.1) is 0 Å². The van der Waals surface area contributed by atoms with Crippen LogP contribution >= 0.6 is 0 Å². The maximum absolute atomic E-state index is 5.81. The lowest BCUT2D eigenvalue weighted by Crippen LogP contribution is -2.35. The van der Waals surface area contributed by atoms with Crippen molar-refractivity contribution in [3.8, 4) is 0 Å². The molecule has 1 heterocycles. The lowest BCUT2D eigenvalue weighted by atomic mass is 9.75. The zero-order chi connectivity index (χ0) is 9.59. The molecule has 0 amide bonds. The summed E-state index contributed by atoms with van der Waals surface area (Å²) in [4.78, 5) is 0. The highest BCUT2D eigenvalue weighted by Gasteiger charge is 2.50. The lowest BCUT2D eigenvalue weighted by molar-refractivity contribution is -0.0299. The van der Waals surface area contributed by atoms with E-state index in [-0.39, 0.29) is 0 Å². The third kappa shape index (κ3) is 1.41. The number of hydrogen-bond donors (Lipinski definition) is 0. The van der Waals surface area contributed by atoms with E-state index in [0.29, 0.717) is 6.10 Å². The zero-order valence-corrected chi connectivity index (χ0v) is 9.29. The van der Waals surface area contributed by atoms with E-state index in [4.69, 9.17) is 4.74 Å². The minimum absolute atomic E-state index is 0.595. The van der Waals surface area contributed by atoms with Crippen molar-refractivity contribution in [2.45, 2.75) is 40.2 Å². The van der Waals surface area contributed by atoms with Crippen LogP contribution in [0.3, 0.4) is 0 Å². The number of rotatable bonds is 2. The van der Waals surface area contributed by atoms with Crippen molar-refractivity contribution in [1.82, 2.24) is 0 Å². The van der Waals surface area contributed by atoms with Gasteiger partial charge in [-0.1, -0.05) is 27.7 Å². The van der Waals surface area contributed by atoms with Gasteiger partial charge >= 0.3 is 0 Å². The van der Waals surface area contributed by atoms with Crippen molar-refractivity contribution in [2.24, 2.45) is 29.6 Å². The van der Waals surface area contributed by atoms with Crippen molar-refractivity contribution in [3.63, 3.8) is 0 Å². The molecule has 4 atom stereocenters. The minimum Gasteiger partial charge on any atom is -0.378 e. The Bertz CT molecular complexity index is 166. The fraction of sp³-hybridized carbons (Fsp3) is 1.00. The standard InChI is InChI=1S/C12H22O/c1-7(2)11-9-5-10(13-6-9)12(11)8(3)4/h7-12H,5-6H2,1-4H3/t9?,10?,11-,12+/m0/s1. The fourth-order valence-corrected chi connectivity index (χ4v) is 3.64. The summed E-state index contributed by atoms with van der Waals surface area (Å²) in [6.45, 7) is 10.5. The van der Waals surface area contributed by atoms with E-state index in [1.807, 2.05) is 0 Å².